The summed E-state index contributed by atoms with van der Waals surface area (Å²) in [6, 6.07) is 2.72. The van der Waals surface area contributed by atoms with E-state index in [-0.39, 0.29) is 6.04 Å². The fourth-order valence-electron chi connectivity index (χ4n) is 3.37. The van der Waals surface area contributed by atoms with E-state index in [2.05, 4.69) is 38.0 Å². The van der Waals surface area contributed by atoms with Crippen molar-refractivity contribution in [2.75, 3.05) is 32.7 Å². The van der Waals surface area contributed by atoms with E-state index in [1.165, 1.54) is 18.8 Å². The Hall–Kier alpha value is -0.950. The van der Waals surface area contributed by atoms with E-state index < -0.39 is 0 Å². The minimum atomic E-state index is 0.164. The van der Waals surface area contributed by atoms with Crippen molar-refractivity contribution in [3.8, 4) is 0 Å². The van der Waals surface area contributed by atoms with E-state index in [0.29, 0.717) is 6.04 Å². The molecule has 0 saturated carbocycles. The van der Waals surface area contributed by atoms with Gasteiger partial charge in [0.05, 0.1) is 11.7 Å². The summed E-state index contributed by atoms with van der Waals surface area (Å²) in [5.74, 6) is 5.86. The molecule has 3 aliphatic rings. The molecular weight excluding hydrogens is 240 g/mol. The molecule has 2 bridgehead atoms. The predicted molar refractivity (Wildman–Crippen MR) is 74.4 cm³/mol. The van der Waals surface area contributed by atoms with Gasteiger partial charge in [0, 0.05) is 51.5 Å². The standard InChI is InChI=1S/C13H24N6/c1-2-5-19-11(3-4-15-19)13(16-14)12-10-17-6-8-18(12)9-7-17/h3-4,12-13,16H,2,5-10,14H2,1H3. The maximum Gasteiger partial charge on any atom is 0.0796 e. The van der Waals surface area contributed by atoms with Crippen LogP contribution >= 0.6 is 0 Å². The summed E-state index contributed by atoms with van der Waals surface area (Å²) in [5.41, 5.74) is 4.24. The van der Waals surface area contributed by atoms with Gasteiger partial charge in [0.25, 0.3) is 0 Å². The topological polar surface area (TPSA) is 62.4 Å². The second-order valence-corrected chi connectivity index (χ2v) is 5.53. The number of fused-ring (bicyclic) bond motifs is 3. The minimum absolute atomic E-state index is 0.164. The van der Waals surface area contributed by atoms with E-state index in [4.69, 9.17) is 5.84 Å². The maximum atomic E-state index is 5.86. The first kappa shape index (κ1) is 13.1. The van der Waals surface area contributed by atoms with Crippen molar-refractivity contribution in [3.05, 3.63) is 18.0 Å². The highest BCUT2D eigenvalue weighted by molar-refractivity contribution is 5.12. The fourth-order valence-corrected chi connectivity index (χ4v) is 3.37. The molecule has 0 radical (unpaired) electrons. The molecule has 4 heterocycles. The molecule has 3 aliphatic heterocycles. The van der Waals surface area contributed by atoms with Crippen LogP contribution in [-0.4, -0.2) is 58.3 Å². The average molecular weight is 264 g/mol. The first-order valence-electron chi connectivity index (χ1n) is 7.27. The number of aryl methyl sites for hydroxylation is 1. The van der Waals surface area contributed by atoms with E-state index >= 15 is 0 Å². The Bertz CT molecular complexity index is 409. The van der Waals surface area contributed by atoms with Crippen molar-refractivity contribution >= 4 is 0 Å². The SMILES string of the molecule is CCCn1nccc1C(NN)C1CN2CCN1CC2. The van der Waals surface area contributed by atoms with Crippen LogP contribution in [0.15, 0.2) is 12.3 Å². The molecule has 106 valence electrons. The fraction of sp³-hybridized carbons (Fsp3) is 0.769. The van der Waals surface area contributed by atoms with Gasteiger partial charge in [-0.15, -0.1) is 0 Å². The van der Waals surface area contributed by atoms with Gasteiger partial charge in [-0.3, -0.25) is 20.3 Å². The highest BCUT2D eigenvalue weighted by Gasteiger charge is 2.38. The molecule has 6 heteroatoms. The van der Waals surface area contributed by atoms with Crippen molar-refractivity contribution in [3.63, 3.8) is 0 Å². The van der Waals surface area contributed by atoms with Crippen LogP contribution in [0.5, 0.6) is 0 Å². The number of nitrogens with one attached hydrogen (secondary N) is 1. The molecule has 1 aromatic rings. The summed E-state index contributed by atoms with van der Waals surface area (Å²) in [6.45, 7) is 8.94. The molecule has 3 saturated heterocycles. The zero-order valence-corrected chi connectivity index (χ0v) is 11.6. The molecule has 2 unspecified atom stereocenters. The summed E-state index contributed by atoms with van der Waals surface area (Å²) in [5, 5.41) is 4.42. The first-order chi connectivity index (χ1) is 9.33. The molecule has 3 N–H and O–H groups in total. The lowest BCUT2D eigenvalue weighted by Crippen LogP contribution is -2.64. The molecule has 0 aliphatic carbocycles. The number of hydrogen-bond acceptors (Lipinski definition) is 5. The summed E-state index contributed by atoms with van der Waals surface area (Å²) in [6.07, 6.45) is 2.97. The van der Waals surface area contributed by atoms with Crippen molar-refractivity contribution in [2.45, 2.75) is 32.0 Å². The molecule has 6 nitrogen and oxygen atoms in total. The van der Waals surface area contributed by atoms with Gasteiger partial charge < -0.3 is 0 Å². The van der Waals surface area contributed by atoms with E-state index in [9.17, 15) is 0 Å². The summed E-state index contributed by atoms with van der Waals surface area (Å²) < 4.78 is 2.09. The van der Waals surface area contributed by atoms with Crippen LogP contribution in [0.4, 0.5) is 0 Å². The molecule has 0 aromatic carbocycles. The van der Waals surface area contributed by atoms with Crippen LogP contribution in [0.2, 0.25) is 0 Å². The average Bonchev–Trinajstić information content (AvgIpc) is 2.90. The zero-order chi connectivity index (χ0) is 13.2. The van der Waals surface area contributed by atoms with Crippen molar-refractivity contribution in [1.82, 2.24) is 25.0 Å². The van der Waals surface area contributed by atoms with Gasteiger partial charge in [0.1, 0.15) is 0 Å². The Kier molecular flexibility index (Phi) is 3.83. The largest absolute Gasteiger partial charge is 0.299 e. The number of hydrogen-bond donors (Lipinski definition) is 2. The van der Waals surface area contributed by atoms with Gasteiger partial charge in [-0.25, -0.2) is 5.43 Å². The maximum absolute atomic E-state index is 5.86. The second-order valence-electron chi connectivity index (χ2n) is 5.53. The smallest absolute Gasteiger partial charge is 0.0796 e. The Morgan fingerprint density at radius 3 is 2.79 bits per heavy atom. The van der Waals surface area contributed by atoms with E-state index in [1.807, 2.05) is 6.20 Å². The van der Waals surface area contributed by atoms with Gasteiger partial charge in [-0.05, 0) is 12.5 Å². The third-order valence-corrected chi connectivity index (χ3v) is 4.39. The van der Waals surface area contributed by atoms with E-state index in [0.717, 1.165) is 32.6 Å². The number of rotatable bonds is 5. The first-order valence-corrected chi connectivity index (χ1v) is 7.27. The normalized spacial score (nSPS) is 31.6. The molecule has 4 rings (SSSR count). The molecule has 1 aromatic heterocycles. The second kappa shape index (κ2) is 5.58. The molecule has 3 fully saturated rings. The van der Waals surface area contributed by atoms with Crippen LogP contribution in [0.25, 0.3) is 0 Å². The molecule has 2 atom stereocenters. The Balaban J connectivity index is 1.82. The van der Waals surface area contributed by atoms with Crippen LogP contribution in [0.1, 0.15) is 25.1 Å². The van der Waals surface area contributed by atoms with Gasteiger partial charge >= 0.3 is 0 Å². The predicted octanol–water partition coefficient (Wildman–Crippen LogP) is -0.203. The Labute approximate surface area is 114 Å². The number of nitrogens with zero attached hydrogens (tertiary/aromatic N) is 4. The lowest BCUT2D eigenvalue weighted by Gasteiger charge is -2.49. The van der Waals surface area contributed by atoms with Gasteiger partial charge in [0.15, 0.2) is 0 Å². The Morgan fingerprint density at radius 1 is 1.42 bits per heavy atom. The zero-order valence-electron chi connectivity index (χ0n) is 11.6. The van der Waals surface area contributed by atoms with Gasteiger partial charge in [-0.1, -0.05) is 6.92 Å². The number of nitrogens with two attached hydrogens (primary N) is 1. The third kappa shape index (κ3) is 2.41. The number of hydrazine groups is 1. The van der Waals surface area contributed by atoms with Crippen molar-refractivity contribution in [2.24, 2.45) is 5.84 Å². The van der Waals surface area contributed by atoms with Crippen LogP contribution in [-0.2, 0) is 6.54 Å². The third-order valence-electron chi connectivity index (χ3n) is 4.39. The molecular formula is C13H24N6. The lowest BCUT2D eigenvalue weighted by molar-refractivity contribution is -0.00502. The van der Waals surface area contributed by atoms with Crippen LogP contribution in [0.3, 0.4) is 0 Å². The van der Waals surface area contributed by atoms with Crippen LogP contribution < -0.4 is 11.3 Å². The monoisotopic (exact) mass is 264 g/mol. The lowest BCUT2D eigenvalue weighted by atomic mass is 9.98. The van der Waals surface area contributed by atoms with E-state index in [1.54, 1.807) is 0 Å². The Morgan fingerprint density at radius 2 is 2.21 bits per heavy atom. The van der Waals surface area contributed by atoms with Crippen LogP contribution in [0, 0.1) is 0 Å². The summed E-state index contributed by atoms with van der Waals surface area (Å²) >= 11 is 0. The highest BCUT2D eigenvalue weighted by atomic mass is 15.4. The molecule has 19 heavy (non-hydrogen) atoms. The highest BCUT2D eigenvalue weighted by Crippen LogP contribution is 2.26. The summed E-state index contributed by atoms with van der Waals surface area (Å²) in [7, 11) is 0. The molecule has 0 amide bonds. The molecule has 0 spiro atoms. The van der Waals surface area contributed by atoms with Crippen molar-refractivity contribution in [1.29, 1.82) is 0 Å². The quantitative estimate of drug-likeness (QED) is 0.569. The van der Waals surface area contributed by atoms with Gasteiger partial charge in [0.2, 0.25) is 0 Å². The number of aromatic nitrogens is 2. The summed E-state index contributed by atoms with van der Waals surface area (Å²) in [4.78, 5) is 5.10. The van der Waals surface area contributed by atoms with Crippen molar-refractivity contribution < 1.29 is 0 Å². The minimum Gasteiger partial charge on any atom is -0.299 e. The van der Waals surface area contributed by atoms with Gasteiger partial charge in [-0.2, -0.15) is 5.10 Å². The number of piperazine rings is 3.